The molecule has 1 unspecified atom stereocenters. The number of carbonyl (C=O) groups is 2. The average Bonchev–Trinajstić information content (AvgIpc) is 3.16. The number of esters is 2. The minimum Gasteiger partial charge on any atom is -0.463 e. The fourth-order valence-corrected chi connectivity index (χ4v) is 5.24. The zero-order valence-electron chi connectivity index (χ0n) is 20.3. The molecule has 4 rings (SSSR count). The lowest BCUT2D eigenvalue weighted by Crippen LogP contribution is -2.42. The van der Waals surface area contributed by atoms with Crippen LogP contribution >= 0.6 is 11.3 Å². The van der Waals surface area contributed by atoms with Gasteiger partial charge in [-0.05, 0) is 39.0 Å². The van der Waals surface area contributed by atoms with Crippen LogP contribution in [0, 0.1) is 11.6 Å². The number of benzene rings is 2. The molecular weight excluding hydrogens is 502 g/mol. The Bertz CT molecular complexity index is 1600. The number of nitrogens with zero attached hydrogens (tertiary/aromatic N) is 1. The Morgan fingerprint density at radius 1 is 1.05 bits per heavy atom. The van der Waals surface area contributed by atoms with Crippen molar-refractivity contribution in [3.05, 3.63) is 96.4 Å². The molecule has 0 radical (unpaired) electrons. The third kappa shape index (κ3) is 4.84. The Labute approximate surface area is 214 Å². The van der Waals surface area contributed by atoms with Crippen molar-refractivity contribution in [3.8, 4) is 0 Å². The summed E-state index contributed by atoms with van der Waals surface area (Å²) in [6.07, 6.45) is 0.772. The van der Waals surface area contributed by atoms with Gasteiger partial charge in [0.2, 0.25) is 0 Å². The standard InChI is InChI=1S/C27H24F2N2O5S/c1-4-35-26(33)21-20(16-10-6-8-12-18(16)29)22(27(34)36-14(2)3)25-31(23(21)30)24(32)19(37-25)13-15-9-5-7-11-17(15)28/h5-14,20H,4,30H2,1-3H3. The van der Waals surface area contributed by atoms with E-state index < -0.39 is 41.2 Å². The van der Waals surface area contributed by atoms with Crippen LogP contribution in [0.5, 0.6) is 0 Å². The lowest BCUT2D eigenvalue weighted by molar-refractivity contribution is -0.140. The first-order valence-electron chi connectivity index (χ1n) is 11.5. The van der Waals surface area contributed by atoms with Crippen LogP contribution in [0.25, 0.3) is 17.5 Å². The van der Waals surface area contributed by atoms with E-state index in [1.165, 1.54) is 42.5 Å². The summed E-state index contributed by atoms with van der Waals surface area (Å²) >= 11 is 0.866. The number of halogens is 2. The summed E-state index contributed by atoms with van der Waals surface area (Å²) in [7, 11) is 0. The van der Waals surface area contributed by atoms with Crippen molar-refractivity contribution in [1.82, 2.24) is 4.57 Å². The minimum atomic E-state index is -1.31. The van der Waals surface area contributed by atoms with E-state index >= 15 is 4.39 Å². The second-order valence-electron chi connectivity index (χ2n) is 8.42. The number of ether oxygens (including phenoxy) is 2. The molecule has 2 heterocycles. The minimum absolute atomic E-state index is 0.0176. The molecule has 10 heteroatoms. The van der Waals surface area contributed by atoms with Crippen LogP contribution in [0.3, 0.4) is 0 Å². The van der Waals surface area contributed by atoms with Crippen LogP contribution in [0.4, 0.5) is 8.78 Å². The van der Waals surface area contributed by atoms with Gasteiger partial charge in [-0.2, -0.15) is 0 Å². The first kappa shape index (κ1) is 26.0. The number of rotatable bonds is 6. The van der Waals surface area contributed by atoms with Gasteiger partial charge in [0.15, 0.2) is 0 Å². The number of hydrogen-bond donors (Lipinski definition) is 1. The lowest BCUT2D eigenvalue weighted by atomic mass is 9.83. The Morgan fingerprint density at radius 2 is 1.70 bits per heavy atom. The van der Waals surface area contributed by atoms with Gasteiger partial charge in [-0.15, -0.1) is 11.3 Å². The van der Waals surface area contributed by atoms with Crippen molar-refractivity contribution in [1.29, 1.82) is 0 Å². The fraction of sp³-hybridized carbons (Fsp3) is 0.222. The van der Waals surface area contributed by atoms with E-state index in [0.717, 1.165) is 15.9 Å². The predicted octanol–water partition coefficient (Wildman–Crippen LogP) is 2.61. The maximum absolute atomic E-state index is 15.1. The molecule has 3 aromatic rings. The van der Waals surface area contributed by atoms with Crippen LogP contribution in [0.1, 0.15) is 37.8 Å². The van der Waals surface area contributed by atoms with Gasteiger partial charge >= 0.3 is 11.9 Å². The van der Waals surface area contributed by atoms with Gasteiger partial charge in [0, 0.05) is 11.1 Å². The van der Waals surface area contributed by atoms with Gasteiger partial charge < -0.3 is 15.2 Å². The molecule has 0 saturated carbocycles. The number of carbonyl (C=O) groups excluding carboxylic acids is 2. The van der Waals surface area contributed by atoms with E-state index in [9.17, 15) is 18.8 Å². The molecular formula is C27H24F2N2O5S. The van der Waals surface area contributed by atoms with E-state index in [2.05, 4.69) is 0 Å². The summed E-state index contributed by atoms with van der Waals surface area (Å²) in [4.78, 5) is 40.1. The van der Waals surface area contributed by atoms with Crippen LogP contribution in [0.15, 0.2) is 58.9 Å². The van der Waals surface area contributed by atoms with E-state index in [1.54, 1.807) is 32.9 Å². The van der Waals surface area contributed by atoms with Gasteiger partial charge in [-0.3, -0.25) is 9.36 Å². The number of hydrogen-bond acceptors (Lipinski definition) is 7. The van der Waals surface area contributed by atoms with Crippen molar-refractivity contribution in [3.63, 3.8) is 0 Å². The SMILES string of the molecule is CCOC(=O)C1=C(N)n2c(sc(=Cc3ccccc3F)c2=O)=C(C(=O)OC(C)C)C1c1ccccc1F. The summed E-state index contributed by atoms with van der Waals surface area (Å²) in [6, 6.07) is 11.5. The van der Waals surface area contributed by atoms with Gasteiger partial charge in [-0.25, -0.2) is 18.4 Å². The molecule has 2 aromatic carbocycles. The molecule has 1 aromatic heterocycles. The Hall–Kier alpha value is -4.05. The van der Waals surface area contributed by atoms with Crippen LogP contribution in [0.2, 0.25) is 0 Å². The maximum atomic E-state index is 15.1. The predicted molar refractivity (Wildman–Crippen MR) is 136 cm³/mol. The molecule has 0 bridgehead atoms. The third-order valence-electron chi connectivity index (χ3n) is 5.61. The smallest absolute Gasteiger partial charge is 0.338 e. The molecule has 1 aliphatic rings. The first-order chi connectivity index (χ1) is 17.6. The molecule has 0 fully saturated rings. The molecule has 192 valence electrons. The van der Waals surface area contributed by atoms with Gasteiger partial charge in [0.1, 0.15) is 22.1 Å². The second kappa shape index (κ2) is 10.5. The molecule has 7 nitrogen and oxygen atoms in total. The zero-order chi connectivity index (χ0) is 26.9. The highest BCUT2D eigenvalue weighted by Crippen LogP contribution is 2.39. The van der Waals surface area contributed by atoms with E-state index in [1.807, 2.05) is 0 Å². The summed E-state index contributed by atoms with van der Waals surface area (Å²) in [5.41, 5.74) is 5.40. The van der Waals surface area contributed by atoms with E-state index in [-0.39, 0.29) is 43.9 Å². The van der Waals surface area contributed by atoms with Gasteiger partial charge in [0.25, 0.3) is 5.56 Å². The summed E-state index contributed by atoms with van der Waals surface area (Å²) < 4.78 is 41.2. The number of nitrogens with two attached hydrogens (primary N) is 1. The summed E-state index contributed by atoms with van der Waals surface area (Å²) in [5.74, 6) is -4.64. The van der Waals surface area contributed by atoms with Crippen molar-refractivity contribution >= 4 is 40.7 Å². The largest absolute Gasteiger partial charge is 0.463 e. The van der Waals surface area contributed by atoms with Gasteiger partial charge in [-0.1, -0.05) is 36.4 Å². The van der Waals surface area contributed by atoms with E-state index in [0.29, 0.717) is 0 Å². The summed E-state index contributed by atoms with van der Waals surface area (Å²) in [6.45, 7) is 4.82. The fourth-order valence-electron chi connectivity index (χ4n) is 4.09. The Morgan fingerprint density at radius 3 is 2.32 bits per heavy atom. The normalized spacial score (nSPS) is 15.7. The van der Waals surface area contributed by atoms with Crippen molar-refractivity contribution in [2.24, 2.45) is 5.73 Å². The van der Waals surface area contributed by atoms with Gasteiger partial charge in [0.05, 0.1) is 34.3 Å². The molecule has 1 aliphatic heterocycles. The van der Waals surface area contributed by atoms with Crippen LogP contribution in [-0.4, -0.2) is 29.2 Å². The second-order valence-corrected chi connectivity index (χ2v) is 9.45. The first-order valence-corrected chi connectivity index (χ1v) is 12.3. The number of aromatic nitrogens is 1. The Balaban J connectivity index is 2.15. The number of fused-ring (bicyclic) bond motifs is 1. The molecule has 0 saturated heterocycles. The number of thiazole rings is 1. The van der Waals surface area contributed by atoms with Crippen molar-refractivity contribution in [2.45, 2.75) is 32.8 Å². The molecule has 1 atom stereocenters. The zero-order valence-corrected chi connectivity index (χ0v) is 21.1. The van der Waals surface area contributed by atoms with Crippen LogP contribution in [-0.2, 0) is 19.1 Å². The summed E-state index contributed by atoms with van der Waals surface area (Å²) in [5, 5.41) is 0. The molecule has 0 spiro atoms. The Kier molecular flexibility index (Phi) is 7.40. The molecule has 2 N–H and O–H groups in total. The molecule has 37 heavy (non-hydrogen) atoms. The molecule has 0 amide bonds. The lowest BCUT2D eigenvalue weighted by Gasteiger charge is -2.27. The van der Waals surface area contributed by atoms with E-state index in [4.69, 9.17) is 15.2 Å². The third-order valence-corrected chi connectivity index (χ3v) is 6.72. The maximum Gasteiger partial charge on any atom is 0.338 e. The monoisotopic (exact) mass is 526 g/mol. The molecule has 0 aliphatic carbocycles. The average molecular weight is 527 g/mol. The highest BCUT2D eigenvalue weighted by molar-refractivity contribution is 7.07. The van der Waals surface area contributed by atoms with Crippen molar-refractivity contribution < 1.29 is 27.8 Å². The highest BCUT2D eigenvalue weighted by Gasteiger charge is 2.41. The van der Waals surface area contributed by atoms with Crippen LogP contribution < -0.4 is 20.5 Å². The van der Waals surface area contributed by atoms with Crippen molar-refractivity contribution in [2.75, 3.05) is 6.61 Å². The quantitative estimate of drug-likeness (QED) is 0.496. The highest BCUT2D eigenvalue weighted by atomic mass is 32.1. The topological polar surface area (TPSA) is 101 Å².